The van der Waals surface area contributed by atoms with Crippen molar-refractivity contribution < 1.29 is 1.43 Å². The molecule has 0 aromatic heterocycles. The van der Waals surface area contributed by atoms with Gasteiger partial charge in [-0.25, -0.2) is 0 Å². The van der Waals surface area contributed by atoms with Crippen LogP contribution in [-0.4, -0.2) is 7.05 Å². The van der Waals surface area contributed by atoms with Crippen molar-refractivity contribution in [3.63, 3.8) is 0 Å². The lowest BCUT2D eigenvalue weighted by Gasteiger charge is -2.13. The van der Waals surface area contributed by atoms with Crippen molar-refractivity contribution in [3.05, 3.63) is 23.0 Å². The largest absolute Gasteiger partial charge is 0.333 e. The second-order valence-electron chi connectivity index (χ2n) is 2.78. The van der Waals surface area contributed by atoms with Crippen molar-refractivity contribution in [3.8, 4) is 0 Å². The standard InChI is InChI=1S/C8H13P.CH5N.H2/c1-6-3-4-8(9)7(2)5-6;1-2;/h3-4,6H,5,9H2,1-2H3;2H2,1H3;1H. The van der Waals surface area contributed by atoms with Crippen LogP contribution in [0.4, 0.5) is 0 Å². The number of hydrogen-bond acceptors (Lipinski definition) is 1. The summed E-state index contributed by atoms with van der Waals surface area (Å²) in [4.78, 5) is 0. The summed E-state index contributed by atoms with van der Waals surface area (Å²) in [5.74, 6) is 0.745. The quantitative estimate of drug-likeness (QED) is 0.560. The third-order valence-corrected chi connectivity index (χ3v) is 2.41. The van der Waals surface area contributed by atoms with Gasteiger partial charge < -0.3 is 5.73 Å². The molecule has 1 aliphatic rings. The van der Waals surface area contributed by atoms with Gasteiger partial charge in [-0.15, -0.1) is 9.24 Å². The number of allylic oxidation sites excluding steroid dienone is 4. The molecule has 0 aromatic carbocycles. The lowest BCUT2D eigenvalue weighted by Crippen LogP contribution is -1.96. The molecule has 0 saturated heterocycles. The molecule has 66 valence electrons. The molecule has 1 aliphatic carbocycles. The molecular formula is C9H20NP. The predicted molar refractivity (Wildman–Crippen MR) is 57.6 cm³/mol. The van der Waals surface area contributed by atoms with E-state index in [-0.39, 0.29) is 1.43 Å². The summed E-state index contributed by atoms with van der Waals surface area (Å²) in [5, 5.41) is 1.37. The first kappa shape index (κ1) is 10.9. The number of nitrogens with two attached hydrogens (primary N) is 1. The molecule has 2 N–H and O–H groups in total. The molecule has 1 rings (SSSR count). The van der Waals surface area contributed by atoms with Gasteiger partial charge in [-0.05, 0) is 31.6 Å². The van der Waals surface area contributed by atoms with E-state index in [1.807, 2.05) is 0 Å². The van der Waals surface area contributed by atoms with Gasteiger partial charge in [0.15, 0.2) is 0 Å². The van der Waals surface area contributed by atoms with E-state index in [0.29, 0.717) is 0 Å². The Morgan fingerprint density at radius 2 is 2.18 bits per heavy atom. The molecule has 0 spiro atoms. The van der Waals surface area contributed by atoms with Gasteiger partial charge in [0.1, 0.15) is 0 Å². The zero-order chi connectivity index (χ0) is 8.85. The summed E-state index contributed by atoms with van der Waals surface area (Å²) < 4.78 is 0. The normalized spacial score (nSPS) is 22.8. The Labute approximate surface area is 73.4 Å². The first-order chi connectivity index (χ1) is 5.20. The summed E-state index contributed by atoms with van der Waals surface area (Å²) in [6, 6.07) is 0. The van der Waals surface area contributed by atoms with Crippen molar-refractivity contribution in [2.75, 3.05) is 7.05 Å². The van der Waals surface area contributed by atoms with Gasteiger partial charge in [-0.3, -0.25) is 0 Å². The van der Waals surface area contributed by atoms with Gasteiger partial charge in [0, 0.05) is 1.43 Å². The zero-order valence-corrected chi connectivity index (χ0v) is 8.75. The molecule has 0 amide bonds. The van der Waals surface area contributed by atoms with Crippen LogP contribution in [0, 0.1) is 5.92 Å². The lowest BCUT2D eigenvalue weighted by atomic mass is 9.97. The van der Waals surface area contributed by atoms with Gasteiger partial charge in [-0.1, -0.05) is 24.6 Å². The first-order valence-electron chi connectivity index (χ1n) is 3.91. The van der Waals surface area contributed by atoms with Crippen molar-refractivity contribution in [1.29, 1.82) is 0 Å². The molecule has 0 heterocycles. The minimum absolute atomic E-state index is 0. The molecule has 0 aliphatic heterocycles. The fourth-order valence-corrected chi connectivity index (χ4v) is 1.31. The van der Waals surface area contributed by atoms with Crippen LogP contribution in [0.15, 0.2) is 23.0 Å². The molecule has 11 heavy (non-hydrogen) atoms. The van der Waals surface area contributed by atoms with Gasteiger partial charge in [0.25, 0.3) is 0 Å². The van der Waals surface area contributed by atoms with Crippen LogP contribution < -0.4 is 5.73 Å². The Bertz CT molecular complexity index is 175. The minimum Gasteiger partial charge on any atom is -0.333 e. The SMILES string of the molecule is CC1=C(P)C=CC(C)C1.CN.[HH]. The van der Waals surface area contributed by atoms with Gasteiger partial charge >= 0.3 is 0 Å². The van der Waals surface area contributed by atoms with Crippen LogP contribution in [-0.2, 0) is 0 Å². The third-order valence-electron chi connectivity index (χ3n) is 1.73. The average Bonchev–Trinajstić information content (AvgIpc) is 2.02. The summed E-state index contributed by atoms with van der Waals surface area (Å²) in [6.45, 7) is 4.44. The second kappa shape index (κ2) is 5.51. The van der Waals surface area contributed by atoms with Crippen LogP contribution in [0.1, 0.15) is 21.7 Å². The van der Waals surface area contributed by atoms with E-state index in [1.54, 1.807) is 0 Å². The molecule has 2 unspecified atom stereocenters. The van der Waals surface area contributed by atoms with E-state index in [0.717, 1.165) is 5.92 Å². The van der Waals surface area contributed by atoms with Gasteiger partial charge in [-0.2, -0.15) is 0 Å². The van der Waals surface area contributed by atoms with E-state index in [9.17, 15) is 0 Å². The molecule has 0 aromatic rings. The molecule has 1 nitrogen and oxygen atoms in total. The fourth-order valence-electron chi connectivity index (χ4n) is 1.08. The first-order valence-corrected chi connectivity index (χ1v) is 4.49. The van der Waals surface area contributed by atoms with Crippen molar-refractivity contribution in [2.45, 2.75) is 20.3 Å². The summed E-state index contributed by atoms with van der Waals surface area (Å²) >= 11 is 0. The van der Waals surface area contributed by atoms with Gasteiger partial charge in [0.2, 0.25) is 0 Å². The topological polar surface area (TPSA) is 26.0 Å². The van der Waals surface area contributed by atoms with E-state index in [1.165, 1.54) is 24.4 Å². The zero-order valence-electron chi connectivity index (χ0n) is 7.59. The average molecular weight is 173 g/mol. The van der Waals surface area contributed by atoms with Crippen LogP contribution in [0.2, 0.25) is 0 Å². The van der Waals surface area contributed by atoms with Crippen LogP contribution in [0.25, 0.3) is 0 Å². The molecule has 2 heteroatoms. The minimum atomic E-state index is 0. The molecule has 0 bridgehead atoms. The highest BCUT2D eigenvalue weighted by atomic mass is 31.0. The summed E-state index contributed by atoms with van der Waals surface area (Å²) in [5.41, 5.74) is 6.01. The Kier molecular flexibility index (Phi) is 5.45. The monoisotopic (exact) mass is 173 g/mol. The van der Waals surface area contributed by atoms with Crippen molar-refractivity contribution >= 4 is 9.24 Å². The Hall–Kier alpha value is -0.130. The maximum absolute atomic E-state index is 4.50. The molecule has 0 fully saturated rings. The van der Waals surface area contributed by atoms with Crippen molar-refractivity contribution in [1.82, 2.24) is 0 Å². The Balaban J connectivity index is 0. The summed E-state index contributed by atoms with van der Waals surface area (Å²) in [6.07, 6.45) is 5.68. The Morgan fingerprint density at radius 3 is 2.55 bits per heavy atom. The molecule has 2 atom stereocenters. The van der Waals surface area contributed by atoms with E-state index < -0.39 is 0 Å². The fraction of sp³-hybridized carbons (Fsp3) is 0.556. The number of rotatable bonds is 0. The predicted octanol–water partition coefficient (Wildman–Crippen LogP) is 2.55. The van der Waals surface area contributed by atoms with E-state index in [2.05, 4.69) is 41.0 Å². The molecule has 0 radical (unpaired) electrons. The molecular weight excluding hydrogens is 153 g/mol. The van der Waals surface area contributed by atoms with E-state index >= 15 is 0 Å². The summed E-state index contributed by atoms with van der Waals surface area (Å²) in [7, 11) is 4.25. The lowest BCUT2D eigenvalue weighted by molar-refractivity contribution is 0.705. The smallest absolute Gasteiger partial charge is 0 e. The Morgan fingerprint density at radius 1 is 1.64 bits per heavy atom. The maximum Gasteiger partial charge on any atom is 0 e. The van der Waals surface area contributed by atoms with Gasteiger partial charge in [0.05, 0.1) is 0 Å². The van der Waals surface area contributed by atoms with E-state index in [4.69, 9.17) is 0 Å². The van der Waals surface area contributed by atoms with Crippen LogP contribution in [0.3, 0.4) is 0 Å². The number of hydrogen-bond donors (Lipinski definition) is 1. The highest BCUT2D eigenvalue weighted by Gasteiger charge is 2.04. The van der Waals surface area contributed by atoms with Crippen LogP contribution in [0.5, 0.6) is 0 Å². The highest BCUT2D eigenvalue weighted by Crippen LogP contribution is 2.26. The van der Waals surface area contributed by atoms with Crippen LogP contribution >= 0.6 is 9.24 Å². The molecule has 0 saturated carbocycles. The van der Waals surface area contributed by atoms with Crippen molar-refractivity contribution in [2.24, 2.45) is 11.7 Å². The maximum atomic E-state index is 4.50. The third kappa shape index (κ3) is 3.69. The second-order valence-corrected chi connectivity index (χ2v) is 3.40. The highest BCUT2D eigenvalue weighted by molar-refractivity contribution is 7.23.